The Morgan fingerprint density at radius 2 is 1.68 bits per heavy atom. The molecule has 63 heavy (non-hydrogen) atoms. The third-order valence-corrected chi connectivity index (χ3v) is 11.8. The number of carbonyl (C=O) groups is 3. The number of β-amino-alcohol motifs (C(OH)–C–C–N with tert-alkyl or cyclic N) is 1. The van der Waals surface area contributed by atoms with Crippen LogP contribution < -0.4 is 15.4 Å². The Hall–Kier alpha value is -5.03. The number of amides is 2. The molecule has 0 spiro atoms. The summed E-state index contributed by atoms with van der Waals surface area (Å²) < 4.78 is 5.13. The summed E-state index contributed by atoms with van der Waals surface area (Å²) in [6.45, 7) is 12.3. The van der Waals surface area contributed by atoms with Crippen molar-refractivity contribution in [2.75, 3.05) is 31.9 Å². The number of aliphatic hydroxyl groups excluding tert-OH is 2. The number of rotatable bonds is 16. The number of piperazine rings is 1. The number of hydrogen-bond donors (Lipinski definition) is 4. The Bertz CT molecular complexity index is 2120. The Kier molecular flexibility index (Phi) is 19.2. The van der Waals surface area contributed by atoms with Crippen molar-refractivity contribution in [3.63, 3.8) is 0 Å². The summed E-state index contributed by atoms with van der Waals surface area (Å²) in [6.07, 6.45) is 6.55. The van der Waals surface area contributed by atoms with E-state index < -0.39 is 35.7 Å². The highest BCUT2D eigenvalue weighted by Gasteiger charge is 2.37. The van der Waals surface area contributed by atoms with Gasteiger partial charge in [-0.1, -0.05) is 92.1 Å². The van der Waals surface area contributed by atoms with E-state index in [4.69, 9.17) is 4.74 Å². The average molecular weight is 876 g/mol. The van der Waals surface area contributed by atoms with Crippen LogP contribution in [0.4, 0.5) is 0 Å². The van der Waals surface area contributed by atoms with Gasteiger partial charge in [0.1, 0.15) is 11.8 Å². The molecule has 2 amide bonds. The van der Waals surface area contributed by atoms with Gasteiger partial charge in [-0.05, 0) is 80.5 Å². The maximum absolute atomic E-state index is 13.8. The molecule has 4 aromatic rings. The lowest BCUT2D eigenvalue weighted by Gasteiger charge is -2.42. The predicted octanol–water partition coefficient (Wildman–Crippen LogP) is 6.76. The zero-order valence-corrected chi connectivity index (χ0v) is 38.3. The highest BCUT2D eigenvalue weighted by molar-refractivity contribution is 7.99. The van der Waals surface area contributed by atoms with Gasteiger partial charge in [-0.15, -0.1) is 17.7 Å². The summed E-state index contributed by atoms with van der Waals surface area (Å²) in [6, 6.07) is 28.2. The van der Waals surface area contributed by atoms with Crippen LogP contribution in [0.2, 0.25) is 0 Å². The van der Waals surface area contributed by atoms with Gasteiger partial charge in [-0.2, -0.15) is 0 Å². The lowest BCUT2D eigenvalue weighted by molar-refractivity contribution is -0.132. The van der Waals surface area contributed by atoms with Crippen LogP contribution in [0.3, 0.4) is 0 Å². The van der Waals surface area contributed by atoms with E-state index in [-0.39, 0.29) is 30.7 Å². The Labute approximate surface area is 378 Å². The molecular formula is C51H65N5O6S. The molecule has 1 saturated heterocycles. The first kappa shape index (κ1) is 49.0. The molecule has 1 aromatic heterocycles. The Balaban J connectivity index is 0.000000349. The quantitative estimate of drug-likeness (QED) is 0.0314. The lowest BCUT2D eigenvalue weighted by Crippen LogP contribution is -2.61. The monoisotopic (exact) mass is 875 g/mol. The summed E-state index contributed by atoms with van der Waals surface area (Å²) >= 11 is 1.60. The van der Waals surface area contributed by atoms with Crippen molar-refractivity contribution in [3.05, 3.63) is 126 Å². The molecule has 2 aliphatic rings. The molecule has 336 valence electrons. The second-order valence-electron chi connectivity index (χ2n) is 17.4. The van der Waals surface area contributed by atoms with Crippen LogP contribution >= 0.6 is 11.8 Å². The molecule has 0 radical (unpaired) electrons. The highest BCUT2D eigenvalue weighted by Crippen LogP contribution is 2.32. The summed E-state index contributed by atoms with van der Waals surface area (Å²) in [4.78, 5) is 47.8. The van der Waals surface area contributed by atoms with Crippen molar-refractivity contribution in [2.45, 2.75) is 114 Å². The summed E-state index contributed by atoms with van der Waals surface area (Å²) in [5.74, 6) is 6.52. The lowest BCUT2D eigenvalue weighted by atomic mass is 9.91. The SMILES string of the molecule is CC(C)(C)NC(=O)[C@@H]1CN(Cc2cccnc2)CCN1C[C@@H](O)C[C@@H](Cc1ccccc1)C(=O)N[C@H]1c2ccccc2C[C@H]1O.CCCCC#CCSc1ccccc1OC(C)=O. The van der Waals surface area contributed by atoms with Crippen LogP contribution in [0, 0.1) is 17.8 Å². The third-order valence-electron chi connectivity index (χ3n) is 10.9. The third kappa shape index (κ3) is 16.2. The summed E-state index contributed by atoms with van der Waals surface area (Å²) in [7, 11) is 0. The minimum absolute atomic E-state index is 0.0712. The van der Waals surface area contributed by atoms with Gasteiger partial charge < -0.3 is 25.6 Å². The van der Waals surface area contributed by atoms with E-state index in [1.54, 1.807) is 24.0 Å². The number of aromatic nitrogens is 1. The molecule has 11 nitrogen and oxygen atoms in total. The number of para-hydroxylation sites is 1. The number of fused-ring (bicyclic) bond motifs is 1. The van der Waals surface area contributed by atoms with Gasteiger partial charge >= 0.3 is 5.97 Å². The first-order chi connectivity index (χ1) is 30.3. The van der Waals surface area contributed by atoms with E-state index in [1.165, 1.54) is 13.3 Å². The molecule has 3 aromatic carbocycles. The van der Waals surface area contributed by atoms with Crippen LogP contribution in [0.15, 0.2) is 108 Å². The molecular weight excluding hydrogens is 811 g/mol. The van der Waals surface area contributed by atoms with Gasteiger partial charge in [-0.25, -0.2) is 0 Å². The van der Waals surface area contributed by atoms with Gasteiger partial charge in [0, 0.05) is 76.3 Å². The fourth-order valence-corrected chi connectivity index (χ4v) is 8.65. The number of thioether (sulfide) groups is 1. The van der Waals surface area contributed by atoms with Gasteiger partial charge in [0.25, 0.3) is 0 Å². The number of pyridine rings is 1. The van der Waals surface area contributed by atoms with Gasteiger partial charge in [-0.3, -0.25) is 29.2 Å². The highest BCUT2D eigenvalue weighted by atomic mass is 32.2. The van der Waals surface area contributed by atoms with Gasteiger partial charge in [0.15, 0.2) is 0 Å². The topological polar surface area (TPSA) is 144 Å². The van der Waals surface area contributed by atoms with Crippen molar-refractivity contribution in [1.29, 1.82) is 0 Å². The van der Waals surface area contributed by atoms with Crippen LogP contribution in [-0.4, -0.2) is 98.5 Å². The maximum Gasteiger partial charge on any atom is 0.308 e. The molecule has 1 fully saturated rings. The largest absolute Gasteiger partial charge is 0.426 e. The molecule has 2 heterocycles. The number of carbonyl (C=O) groups excluding carboxylic acids is 3. The van der Waals surface area contributed by atoms with Crippen LogP contribution in [0.1, 0.15) is 88.6 Å². The van der Waals surface area contributed by atoms with E-state index in [9.17, 15) is 24.6 Å². The molecule has 4 N–H and O–H groups in total. The number of nitrogens with one attached hydrogen (secondary N) is 2. The molecule has 1 aliphatic heterocycles. The second-order valence-corrected chi connectivity index (χ2v) is 18.4. The minimum atomic E-state index is -0.833. The van der Waals surface area contributed by atoms with Crippen LogP contribution in [0.25, 0.3) is 0 Å². The van der Waals surface area contributed by atoms with E-state index in [1.807, 2.05) is 112 Å². The normalized spacial score (nSPS) is 18.4. The summed E-state index contributed by atoms with van der Waals surface area (Å²) in [5, 5.41) is 28.5. The van der Waals surface area contributed by atoms with E-state index in [0.29, 0.717) is 38.2 Å². The van der Waals surface area contributed by atoms with E-state index >= 15 is 0 Å². The summed E-state index contributed by atoms with van der Waals surface area (Å²) in [5.41, 5.74) is 3.68. The van der Waals surface area contributed by atoms with Crippen LogP contribution in [-0.2, 0) is 33.8 Å². The first-order valence-electron chi connectivity index (χ1n) is 22.1. The van der Waals surface area contributed by atoms with E-state index in [0.717, 1.165) is 52.3 Å². The maximum atomic E-state index is 13.8. The fourth-order valence-electron chi connectivity index (χ4n) is 7.89. The van der Waals surface area contributed by atoms with Crippen LogP contribution in [0.5, 0.6) is 5.75 Å². The van der Waals surface area contributed by atoms with E-state index in [2.05, 4.69) is 44.2 Å². The number of hydrogen-bond acceptors (Lipinski definition) is 10. The molecule has 0 bridgehead atoms. The number of aliphatic hydroxyl groups is 2. The molecule has 5 atom stereocenters. The zero-order chi connectivity index (χ0) is 45.2. The number of unbranched alkanes of at least 4 members (excludes halogenated alkanes) is 2. The van der Waals surface area contributed by atoms with Crippen molar-refractivity contribution >= 4 is 29.5 Å². The number of esters is 1. The van der Waals surface area contributed by atoms with Crippen molar-refractivity contribution in [2.24, 2.45) is 5.92 Å². The molecule has 12 heteroatoms. The molecule has 1 aliphatic carbocycles. The molecule has 0 saturated carbocycles. The Morgan fingerprint density at radius 3 is 2.41 bits per heavy atom. The van der Waals surface area contributed by atoms with Crippen molar-refractivity contribution in [3.8, 4) is 17.6 Å². The molecule has 0 unspecified atom stereocenters. The zero-order valence-electron chi connectivity index (χ0n) is 37.5. The first-order valence-corrected chi connectivity index (χ1v) is 23.1. The number of ether oxygens (including phenoxy) is 1. The van der Waals surface area contributed by atoms with Gasteiger partial charge in [0.2, 0.25) is 11.8 Å². The average Bonchev–Trinajstić information content (AvgIpc) is 3.57. The second kappa shape index (κ2) is 24.7. The smallest absolute Gasteiger partial charge is 0.308 e. The number of benzene rings is 3. The van der Waals surface area contributed by atoms with Crippen molar-refractivity contribution < 1.29 is 29.3 Å². The minimum Gasteiger partial charge on any atom is -0.426 e. The van der Waals surface area contributed by atoms with Gasteiger partial charge in [0.05, 0.1) is 28.9 Å². The fraction of sp³-hybridized carbons (Fsp3) is 0.451. The Morgan fingerprint density at radius 1 is 0.952 bits per heavy atom. The van der Waals surface area contributed by atoms with Crippen molar-refractivity contribution in [1.82, 2.24) is 25.4 Å². The molecule has 6 rings (SSSR count). The predicted molar refractivity (Wildman–Crippen MR) is 250 cm³/mol. The number of nitrogens with zero attached hydrogens (tertiary/aromatic N) is 3. The standard InChI is InChI=1S/C36H47N5O4.C15H18O2S/c1-36(2,3)39-35(45)31-24-40(22-26-12-9-15-37-21-26)16-17-41(31)23-29(42)19-28(18-25-10-5-4-6-11-25)34(44)38-33-30-14-8-7-13-27(30)20-32(33)43;1-3-4-5-6-9-12-18-15-11-8-7-10-14(15)17-13(2)16/h4-15,21,28-29,31-33,42-43H,16-20,22-24H2,1-3H3,(H,38,44)(H,39,45);7-8,10-11H,3-5,12H2,1-2H3/t28-,29+,31+,32-,33+;/m1./s1.